The number of ether oxygens (including phenoxy) is 1. The Bertz CT molecular complexity index is 268. The maximum Gasteiger partial charge on any atom is 0.134 e. The number of nitrogens with zero attached hydrogens (tertiary/aromatic N) is 1. The summed E-state index contributed by atoms with van der Waals surface area (Å²) in [5.74, 6) is 0.635. The van der Waals surface area contributed by atoms with Crippen molar-refractivity contribution >= 4 is 17.2 Å². The highest BCUT2D eigenvalue weighted by molar-refractivity contribution is 7.10. The first-order valence-corrected chi connectivity index (χ1v) is 5.54. The molecule has 1 aromatic heterocycles. The Kier molecular flexibility index (Phi) is 2.80. The average molecular weight is 198 g/mol. The van der Waals surface area contributed by atoms with Gasteiger partial charge in [0.05, 0.1) is 11.1 Å². The molecule has 0 saturated carbocycles. The molecule has 72 valence electrons. The van der Waals surface area contributed by atoms with Gasteiger partial charge in [-0.1, -0.05) is 0 Å². The van der Waals surface area contributed by atoms with E-state index in [2.05, 4.69) is 4.98 Å². The number of hydrogen-bond donors (Lipinski definition) is 1. The SMILES string of the molecule is Nc1csc(CC2CCCCO2)n1. The number of anilines is 1. The minimum Gasteiger partial charge on any atom is -0.383 e. The van der Waals surface area contributed by atoms with Gasteiger partial charge in [0.25, 0.3) is 0 Å². The van der Waals surface area contributed by atoms with Crippen LogP contribution in [0.1, 0.15) is 24.3 Å². The molecule has 1 atom stereocenters. The Morgan fingerprint density at radius 1 is 1.62 bits per heavy atom. The second-order valence-corrected chi connectivity index (χ2v) is 4.30. The normalized spacial score (nSPS) is 23.2. The fourth-order valence-electron chi connectivity index (χ4n) is 1.58. The van der Waals surface area contributed by atoms with Crippen molar-refractivity contribution in [3.8, 4) is 0 Å². The van der Waals surface area contributed by atoms with E-state index in [9.17, 15) is 0 Å². The topological polar surface area (TPSA) is 48.1 Å². The molecule has 4 heteroatoms. The Hall–Kier alpha value is -0.610. The van der Waals surface area contributed by atoms with E-state index < -0.39 is 0 Å². The Morgan fingerprint density at radius 3 is 3.15 bits per heavy atom. The van der Waals surface area contributed by atoms with E-state index in [0.717, 1.165) is 18.0 Å². The van der Waals surface area contributed by atoms with Crippen LogP contribution in [0.5, 0.6) is 0 Å². The standard InChI is InChI=1S/C9H14N2OS/c10-8-6-13-9(11-8)5-7-3-1-2-4-12-7/h6-7H,1-5,10H2. The molecule has 0 spiro atoms. The van der Waals surface area contributed by atoms with Gasteiger partial charge < -0.3 is 10.5 Å². The highest BCUT2D eigenvalue weighted by atomic mass is 32.1. The predicted molar refractivity (Wildman–Crippen MR) is 53.8 cm³/mol. The summed E-state index contributed by atoms with van der Waals surface area (Å²) in [4.78, 5) is 4.22. The Labute approximate surface area is 81.9 Å². The third-order valence-corrected chi connectivity index (χ3v) is 3.14. The first-order chi connectivity index (χ1) is 6.34. The summed E-state index contributed by atoms with van der Waals surface area (Å²) in [6.07, 6.45) is 4.96. The van der Waals surface area contributed by atoms with Gasteiger partial charge in [-0.25, -0.2) is 4.98 Å². The summed E-state index contributed by atoms with van der Waals surface area (Å²) in [6.45, 7) is 0.908. The molecular weight excluding hydrogens is 184 g/mol. The highest BCUT2D eigenvalue weighted by Gasteiger charge is 2.15. The smallest absolute Gasteiger partial charge is 0.134 e. The van der Waals surface area contributed by atoms with Gasteiger partial charge >= 0.3 is 0 Å². The van der Waals surface area contributed by atoms with Crippen molar-refractivity contribution in [2.45, 2.75) is 31.8 Å². The van der Waals surface area contributed by atoms with Crippen LogP contribution in [0.2, 0.25) is 0 Å². The van der Waals surface area contributed by atoms with E-state index in [1.165, 1.54) is 19.3 Å². The lowest BCUT2D eigenvalue weighted by atomic mass is 10.1. The van der Waals surface area contributed by atoms with Crippen LogP contribution in [0.25, 0.3) is 0 Å². The quantitative estimate of drug-likeness (QED) is 0.788. The van der Waals surface area contributed by atoms with Crippen molar-refractivity contribution in [3.05, 3.63) is 10.4 Å². The van der Waals surface area contributed by atoms with Gasteiger partial charge in [-0.05, 0) is 19.3 Å². The van der Waals surface area contributed by atoms with E-state index in [-0.39, 0.29) is 0 Å². The molecule has 0 bridgehead atoms. The van der Waals surface area contributed by atoms with E-state index in [1.54, 1.807) is 11.3 Å². The molecule has 2 rings (SSSR count). The minimum absolute atomic E-state index is 0.374. The Balaban J connectivity index is 1.89. The van der Waals surface area contributed by atoms with E-state index >= 15 is 0 Å². The fourth-order valence-corrected chi connectivity index (χ4v) is 2.33. The summed E-state index contributed by atoms with van der Waals surface area (Å²) >= 11 is 1.63. The molecule has 0 radical (unpaired) electrons. The van der Waals surface area contributed by atoms with Gasteiger partial charge in [0, 0.05) is 18.4 Å². The number of aromatic nitrogens is 1. The largest absolute Gasteiger partial charge is 0.383 e. The molecule has 1 saturated heterocycles. The minimum atomic E-state index is 0.374. The molecule has 1 aliphatic rings. The third kappa shape index (κ3) is 2.42. The highest BCUT2D eigenvalue weighted by Crippen LogP contribution is 2.19. The van der Waals surface area contributed by atoms with Crippen LogP contribution in [0.3, 0.4) is 0 Å². The van der Waals surface area contributed by atoms with Crippen molar-refractivity contribution in [1.82, 2.24) is 4.98 Å². The molecule has 2 heterocycles. The second kappa shape index (κ2) is 4.07. The van der Waals surface area contributed by atoms with E-state index in [0.29, 0.717) is 11.9 Å². The molecule has 2 N–H and O–H groups in total. The summed E-state index contributed by atoms with van der Waals surface area (Å²) in [5.41, 5.74) is 5.54. The number of rotatable bonds is 2. The van der Waals surface area contributed by atoms with Crippen molar-refractivity contribution < 1.29 is 4.74 Å². The number of nitrogens with two attached hydrogens (primary N) is 1. The van der Waals surface area contributed by atoms with Gasteiger partial charge in [0.1, 0.15) is 5.82 Å². The van der Waals surface area contributed by atoms with Crippen LogP contribution in [0.4, 0.5) is 5.82 Å². The Morgan fingerprint density at radius 2 is 2.54 bits per heavy atom. The van der Waals surface area contributed by atoms with Crippen LogP contribution in [-0.4, -0.2) is 17.7 Å². The molecule has 1 aliphatic heterocycles. The van der Waals surface area contributed by atoms with Crippen LogP contribution in [-0.2, 0) is 11.2 Å². The third-order valence-electron chi connectivity index (χ3n) is 2.25. The molecule has 13 heavy (non-hydrogen) atoms. The monoisotopic (exact) mass is 198 g/mol. The maximum atomic E-state index is 5.62. The number of hydrogen-bond acceptors (Lipinski definition) is 4. The summed E-state index contributed by atoms with van der Waals surface area (Å²) in [5, 5.41) is 2.99. The number of thiazole rings is 1. The molecule has 1 aromatic rings. The molecule has 1 unspecified atom stereocenters. The molecule has 1 fully saturated rings. The first-order valence-electron chi connectivity index (χ1n) is 4.66. The van der Waals surface area contributed by atoms with Crippen molar-refractivity contribution in [1.29, 1.82) is 0 Å². The van der Waals surface area contributed by atoms with Crippen molar-refractivity contribution in [2.75, 3.05) is 12.3 Å². The molecular formula is C9H14N2OS. The first kappa shape index (κ1) is 8.97. The lowest BCUT2D eigenvalue weighted by Gasteiger charge is -2.21. The van der Waals surface area contributed by atoms with Crippen LogP contribution in [0.15, 0.2) is 5.38 Å². The second-order valence-electron chi connectivity index (χ2n) is 3.36. The molecule has 0 aliphatic carbocycles. The zero-order valence-corrected chi connectivity index (χ0v) is 8.35. The summed E-state index contributed by atoms with van der Waals surface area (Å²) in [7, 11) is 0. The lowest BCUT2D eigenvalue weighted by molar-refractivity contribution is 0.0168. The van der Waals surface area contributed by atoms with Gasteiger partial charge in [0.15, 0.2) is 0 Å². The summed E-state index contributed by atoms with van der Waals surface area (Å²) in [6, 6.07) is 0. The average Bonchev–Trinajstić information content (AvgIpc) is 2.53. The van der Waals surface area contributed by atoms with E-state index in [1.807, 2.05) is 5.38 Å². The fraction of sp³-hybridized carbons (Fsp3) is 0.667. The van der Waals surface area contributed by atoms with E-state index in [4.69, 9.17) is 10.5 Å². The zero-order valence-electron chi connectivity index (χ0n) is 7.53. The molecule has 3 nitrogen and oxygen atoms in total. The van der Waals surface area contributed by atoms with Crippen LogP contribution in [0, 0.1) is 0 Å². The maximum absolute atomic E-state index is 5.62. The van der Waals surface area contributed by atoms with Crippen LogP contribution < -0.4 is 5.73 Å². The van der Waals surface area contributed by atoms with Gasteiger partial charge in [-0.2, -0.15) is 0 Å². The van der Waals surface area contributed by atoms with Crippen molar-refractivity contribution in [2.24, 2.45) is 0 Å². The van der Waals surface area contributed by atoms with Gasteiger partial charge in [-0.15, -0.1) is 11.3 Å². The summed E-state index contributed by atoms with van der Waals surface area (Å²) < 4.78 is 5.62. The van der Waals surface area contributed by atoms with Crippen LogP contribution >= 0.6 is 11.3 Å². The van der Waals surface area contributed by atoms with Gasteiger partial charge in [0.2, 0.25) is 0 Å². The number of nitrogen functional groups attached to an aromatic ring is 1. The lowest BCUT2D eigenvalue weighted by Crippen LogP contribution is -2.21. The predicted octanol–water partition coefficient (Wildman–Crippen LogP) is 1.84. The van der Waals surface area contributed by atoms with Gasteiger partial charge in [-0.3, -0.25) is 0 Å². The zero-order chi connectivity index (χ0) is 9.10. The molecule has 0 aromatic carbocycles. The molecule has 0 amide bonds. The van der Waals surface area contributed by atoms with Crippen molar-refractivity contribution in [3.63, 3.8) is 0 Å².